The summed E-state index contributed by atoms with van der Waals surface area (Å²) in [6.45, 7) is 2.85. The smallest absolute Gasteiger partial charge is 0.251 e. The molecule has 2 aromatic carbocycles. The molecule has 0 spiro atoms. The van der Waals surface area contributed by atoms with Crippen LogP contribution in [0.1, 0.15) is 40.7 Å². The highest BCUT2D eigenvalue weighted by Gasteiger charge is 2.07. The molecule has 0 aromatic heterocycles. The van der Waals surface area contributed by atoms with Crippen molar-refractivity contribution in [3.63, 3.8) is 0 Å². The number of alkyl halides is 1. The van der Waals surface area contributed by atoms with Crippen molar-refractivity contribution in [1.82, 2.24) is 5.32 Å². The first-order valence-corrected chi connectivity index (χ1v) is 7.72. The zero-order valence-electron chi connectivity index (χ0n) is 12.2. The summed E-state index contributed by atoms with van der Waals surface area (Å²) in [5.41, 5.74) is 3.00. The minimum Gasteiger partial charge on any atom is -0.352 e. The first-order valence-electron chi connectivity index (χ1n) is 7.18. The second-order valence-electron chi connectivity index (χ2n) is 5.19. The molecular formula is C18H20ClNO. The molecule has 1 unspecified atom stereocenters. The third-order valence-electron chi connectivity index (χ3n) is 3.60. The highest BCUT2D eigenvalue weighted by Crippen LogP contribution is 2.17. The molecule has 1 N–H and O–H groups in total. The van der Waals surface area contributed by atoms with Crippen molar-refractivity contribution < 1.29 is 4.79 Å². The fourth-order valence-corrected chi connectivity index (χ4v) is 2.38. The van der Waals surface area contributed by atoms with Crippen molar-refractivity contribution in [1.29, 1.82) is 0 Å². The van der Waals surface area contributed by atoms with Crippen molar-refractivity contribution in [3.05, 3.63) is 71.3 Å². The van der Waals surface area contributed by atoms with E-state index in [0.717, 1.165) is 12.0 Å². The Bertz CT molecular complexity index is 566. The third kappa shape index (κ3) is 4.61. The van der Waals surface area contributed by atoms with E-state index in [-0.39, 0.29) is 5.91 Å². The molecule has 0 radical (unpaired) electrons. The van der Waals surface area contributed by atoms with Gasteiger partial charge in [0.25, 0.3) is 5.91 Å². The summed E-state index contributed by atoms with van der Waals surface area (Å²) in [5, 5.41) is 2.97. The van der Waals surface area contributed by atoms with E-state index in [1.54, 1.807) is 0 Å². The number of benzene rings is 2. The summed E-state index contributed by atoms with van der Waals surface area (Å²) in [5.74, 6) is 0.873. The summed E-state index contributed by atoms with van der Waals surface area (Å²) in [6, 6.07) is 17.7. The minimum atomic E-state index is -0.0311. The van der Waals surface area contributed by atoms with Gasteiger partial charge in [-0.2, -0.15) is 0 Å². The maximum Gasteiger partial charge on any atom is 0.251 e. The van der Waals surface area contributed by atoms with Gasteiger partial charge in [0.1, 0.15) is 0 Å². The topological polar surface area (TPSA) is 29.1 Å². The molecule has 0 aliphatic carbocycles. The maximum atomic E-state index is 12.0. The Morgan fingerprint density at radius 2 is 1.76 bits per heavy atom. The molecule has 21 heavy (non-hydrogen) atoms. The highest BCUT2D eigenvalue weighted by molar-refractivity contribution is 6.17. The first-order chi connectivity index (χ1) is 10.2. The molecule has 0 aliphatic rings. The fourth-order valence-electron chi connectivity index (χ4n) is 2.20. The SMILES string of the molecule is CC(CCNC(=O)c1ccc(CCl)cc1)c1ccccc1. The predicted octanol–water partition coefficient (Wildman–Crippen LogP) is 4.35. The van der Waals surface area contributed by atoms with Gasteiger partial charge in [0.15, 0.2) is 0 Å². The lowest BCUT2D eigenvalue weighted by Crippen LogP contribution is -2.25. The molecule has 2 aromatic rings. The number of rotatable bonds is 6. The average Bonchev–Trinajstić information content (AvgIpc) is 2.55. The van der Waals surface area contributed by atoms with Crippen LogP contribution in [0.3, 0.4) is 0 Å². The van der Waals surface area contributed by atoms with Gasteiger partial charge in [0.05, 0.1) is 0 Å². The van der Waals surface area contributed by atoms with Crippen LogP contribution in [0.25, 0.3) is 0 Å². The summed E-state index contributed by atoms with van der Waals surface area (Å²) in [7, 11) is 0. The van der Waals surface area contributed by atoms with Crippen molar-refractivity contribution in [3.8, 4) is 0 Å². The van der Waals surface area contributed by atoms with Crippen molar-refractivity contribution >= 4 is 17.5 Å². The van der Waals surface area contributed by atoms with Crippen LogP contribution in [-0.2, 0) is 5.88 Å². The second-order valence-corrected chi connectivity index (χ2v) is 5.45. The Labute approximate surface area is 131 Å². The number of halogens is 1. The van der Waals surface area contributed by atoms with E-state index in [1.165, 1.54) is 5.56 Å². The van der Waals surface area contributed by atoms with Crippen LogP contribution in [-0.4, -0.2) is 12.5 Å². The minimum absolute atomic E-state index is 0.0311. The summed E-state index contributed by atoms with van der Waals surface area (Å²) < 4.78 is 0. The van der Waals surface area contributed by atoms with Crippen LogP contribution in [0.4, 0.5) is 0 Å². The van der Waals surface area contributed by atoms with E-state index in [0.29, 0.717) is 23.9 Å². The lowest BCUT2D eigenvalue weighted by Gasteiger charge is -2.12. The molecule has 0 fully saturated rings. The number of carbonyl (C=O) groups excluding carboxylic acids is 1. The van der Waals surface area contributed by atoms with Gasteiger partial charge in [0, 0.05) is 18.0 Å². The van der Waals surface area contributed by atoms with Crippen molar-refractivity contribution in [2.45, 2.75) is 25.1 Å². The monoisotopic (exact) mass is 301 g/mol. The largest absolute Gasteiger partial charge is 0.352 e. The molecule has 0 heterocycles. The zero-order valence-corrected chi connectivity index (χ0v) is 12.9. The van der Waals surface area contributed by atoms with Gasteiger partial charge < -0.3 is 5.32 Å². The van der Waals surface area contributed by atoms with Gasteiger partial charge in [-0.05, 0) is 35.6 Å². The predicted molar refractivity (Wildman–Crippen MR) is 87.8 cm³/mol. The maximum absolute atomic E-state index is 12.0. The van der Waals surface area contributed by atoms with Crippen LogP contribution >= 0.6 is 11.6 Å². The molecule has 2 rings (SSSR count). The highest BCUT2D eigenvalue weighted by atomic mass is 35.5. The van der Waals surface area contributed by atoms with Crippen LogP contribution in [0, 0.1) is 0 Å². The van der Waals surface area contributed by atoms with E-state index < -0.39 is 0 Å². The van der Waals surface area contributed by atoms with Gasteiger partial charge in [-0.15, -0.1) is 11.6 Å². The number of carbonyl (C=O) groups is 1. The van der Waals surface area contributed by atoms with Crippen LogP contribution < -0.4 is 5.32 Å². The number of hydrogen-bond acceptors (Lipinski definition) is 1. The Morgan fingerprint density at radius 3 is 2.38 bits per heavy atom. The van der Waals surface area contributed by atoms with Gasteiger partial charge >= 0.3 is 0 Å². The Hall–Kier alpha value is -1.80. The van der Waals surface area contributed by atoms with Crippen LogP contribution in [0.5, 0.6) is 0 Å². The summed E-state index contributed by atoms with van der Waals surface area (Å²) in [6.07, 6.45) is 0.926. The summed E-state index contributed by atoms with van der Waals surface area (Å²) in [4.78, 5) is 12.0. The van der Waals surface area contributed by atoms with Gasteiger partial charge in [-0.1, -0.05) is 49.4 Å². The zero-order chi connectivity index (χ0) is 15.1. The fraction of sp³-hybridized carbons (Fsp3) is 0.278. The molecule has 2 nitrogen and oxygen atoms in total. The Balaban J connectivity index is 1.81. The first kappa shape index (κ1) is 15.6. The molecular weight excluding hydrogens is 282 g/mol. The lowest BCUT2D eigenvalue weighted by molar-refractivity contribution is 0.0952. The van der Waals surface area contributed by atoms with E-state index in [9.17, 15) is 4.79 Å². The molecule has 0 bridgehead atoms. The second kappa shape index (κ2) is 7.84. The van der Waals surface area contributed by atoms with E-state index in [2.05, 4.69) is 24.4 Å². The molecule has 0 aliphatic heterocycles. The number of hydrogen-bond donors (Lipinski definition) is 1. The van der Waals surface area contributed by atoms with Gasteiger partial charge in [-0.25, -0.2) is 0 Å². The number of nitrogens with one attached hydrogen (secondary N) is 1. The molecule has 110 valence electrons. The molecule has 1 amide bonds. The Morgan fingerprint density at radius 1 is 1.10 bits per heavy atom. The van der Waals surface area contributed by atoms with Crippen molar-refractivity contribution in [2.75, 3.05) is 6.54 Å². The quantitative estimate of drug-likeness (QED) is 0.790. The molecule has 0 saturated carbocycles. The summed E-state index contributed by atoms with van der Waals surface area (Å²) >= 11 is 5.73. The number of amides is 1. The van der Waals surface area contributed by atoms with E-state index in [4.69, 9.17) is 11.6 Å². The molecule has 3 heteroatoms. The standard InChI is InChI=1S/C18H20ClNO/c1-14(16-5-3-2-4-6-16)11-12-20-18(21)17-9-7-15(13-19)8-10-17/h2-10,14H,11-13H2,1H3,(H,20,21). The van der Waals surface area contributed by atoms with Crippen LogP contribution in [0.15, 0.2) is 54.6 Å². The third-order valence-corrected chi connectivity index (χ3v) is 3.91. The van der Waals surface area contributed by atoms with E-state index in [1.807, 2.05) is 42.5 Å². The van der Waals surface area contributed by atoms with Gasteiger partial charge in [-0.3, -0.25) is 4.79 Å². The van der Waals surface area contributed by atoms with Crippen LogP contribution in [0.2, 0.25) is 0 Å². The molecule has 0 saturated heterocycles. The normalized spacial score (nSPS) is 11.9. The Kier molecular flexibility index (Phi) is 5.82. The van der Waals surface area contributed by atoms with E-state index >= 15 is 0 Å². The molecule has 1 atom stereocenters. The van der Waals surface area contributed by atoms with Gasteiger partial charge in [0.2, 0.25) is 0 Å². The average molecular weight is 302 g/mol. The lowest BCUT2D eigenvalue weighted by atomic mass is 9.98. The van der Waals surface area contributed by atoms with Crippen molar-refractivity contribution in [2.24, 2.45) is 0 Å².